The van der Waals surface area contributed by atoms with E-state index in [1.165, 1.54) is 167 Å². The first-order valence-corrected chi connectivity index (χ1v) is 17.3. The lowest BCUT2D eigenvalue weighted by Crippen LogP contribution is -2.01. The van der Waals surface area contributed by atoms with E-state index in [1.807, 2.05) is 0 Å². The molecular formula is C36H70O. The highest BCUT2D eigenvalue weighted by Crippen LogP contribution is 2.14. The van der Waals surface area contributed by atoms with Gasteiger partial charge < -0.3 is 5.11 Å². The van der Waals surface area contributed by atoms with Gasteiger partial charge in [-0.3, -0.25) is 0 Å². The van der Waals surface area contributed by atoms with Crippen LogP contribution in [0.5, 0.6) is 0 Å². The van der Waals surface area contributed by atoms with E-state index in [2.05, 4.69) is 38.2 Å². The maximum Gasteiger partial charge on any atom is 0.0720 e. The summed E-state index contributed by atoms with van der Waals surface area (Å²) in [7, 11) is 0. The second-order valence-corrected chi connectivity index (χ2v) is 11.8. The molecule has 1 atom stereocenters. The van der Waals surface area contributed by atoms with Crippen LogP contribution >= 0.6 is 0 Å². The highest BCUT2D eigenvalue weighted by molar-refractivity contribution is 4.88. The van der Waals surface area contributed by atoms with Gasteiger partial charge in [0.05, 0.1) is 6.10 Å². The smallest absolute Gasteiger partial charge is 0.0720 e. The van der Waals surface area contributed by atoms with E-state index >= 15 is 0 Å². The van der Waals surface area contributed by atoms with E-state index in [9.17, 15) is 5.11 Å². The molecule has 0 fully saturated rings. The van der Waals surface area contributed by atoms with Crippen molar-refractivity contribution in [2.45, 2.75) is 206 Å². The van der Waals surface area contributed by atoms with Crippen LogP contribution in [-0.4, -0.2) is 11.2 Å². The van der Waals surface area contributed by atoms with E-state index in [0.717, 1.165) is 19.3 Å². The molecule has 0 aliphatic heterocycles. The summed E-state index contributed by atoms with van der Waals surface area (Å²) >= 11 is 0. The number of allylic oxidation sites excluding steroid dienone is 3. The van der Waals surface area contributed by atoms with Gasteiger partial charge in [0, 0.05) is 0 Å². The Morgan fingerprint density at radius 1 is 0.378 bits per heavy atom. The Bertz CT molecular complexity index is 452. The lowest BCUT2D eigenvalue weighted by Gasteiger charge is -2.05. The topological polar surface area (TPSA) is 20.2 Å². The molecule has 0 aromatic carbocycles. The van der Waals surface area contributed by atoms with E-state index in [-0.39, 0.29) is 6.10 Å². The lowest BCUT2D eigenvalue weighted by molar-refractivity contribution is 0.207. The zero-order valence-corrected chi connectivity index (χ0v) is 25.8. The van der Waals surface area contributed by atoms with Gasteiger partial charge in [-0.1, -0.05) is 179 Å². The molecule has 0 aliphatic carbocycles. The fourth-order valence-electron chi connectivity index (χ4n) is 5.23. The normalized spacial score (nSPS) is 12.8. The van der Waals surface area contributed by atoms with Gasteiger partial charge in [-0.2, -0.15) is 0 Å². The molecule has 220 valence electrons. The van der Waals surface area contributed by atoms with Crippen molar-refractivity contribution in [3.63, 3.8) is 0 Å². The predicted molar refractivity (Wildman–Crippen MR) is 170 cm³/mol. The Balaban J connectivity index is 3.25. The van der Waals surface area contributed by atoms with E-state index < -0.39 is 0 Å². The number of rotatable bonds is 31. The summed E-state index contributed by atoms with van der Waals surface area (Å²) in [5, 5.41) is 10.2. The summed E-state index contributed by atoms with van der Waals surface area (Å²) in [6, 6.07) is 0. The number of unbranched alkanes of at least 4 members (excludes halogenated alkanes) is 25. The summed E-state index contributed by atoms with van der Waals surface area (Å²) in [6.45, 7) is 4.58. The lowest BCUT2D eigenvalue weighted by atomic mass is 10.0. The zero-order chi connectivity index (χ0) is 26.9. The fourth-order valence-corrected chi connectivity index (χ4v) is 5.23. The van der Waals surface area contributed by atoms with Crippen LogP contribution in [0.25, 0.3) is 0 Å². The van der Waals surface area contributed by atoms with Crippen LogP contribution in [-0.2, 0) is 0 Å². The molecule has 0 bridgehead atoms. The third-order valence-corrected chi connectivity index (χ3v) is 7.84. The Morgan fingerprint density at radius 2 is 0.676 bits per heavy atom. The minimum absolute atomic E-state index is 0.225. The molecule has 0 spiro atoms. The second-order valence-electron chi connectivity index (χ2n) is 11.8. The summed E-state index contributed by atoms with van der Waals surface area (Å²) in [4.78, 5) is 0. The molecule has 0 aromatic heterocycles. The maximum atomic E-state index is 10.2. The molecule has 1 N–H and O–H groups in total. The van der Waals surface area contributed by atoms with Crippen molar-refractivity contribution < 1.29 is 5.11 Å². The summed E-state index contributed by atoms with van der Waals surface area (Å²) in [5.41, 5.74) is 0. The van der Waals surface area contributed by atoms with Crippen LogP contribution in [0.3, 0.4) is 0 Å². The van der Waals surface area contributed by atoms with Gasteiger partial charge in [-0.05, 0) is 44.9 Å². The number of aliphatic hydroxyl groups excluding tert-OH is 1. The van der Waals surface area contributed by atoms with Gasteiger partial charge in [0.1, 0.15) is 0 Å². The molecule has 1 unspecified atom stereocenters. The van der Waals surface area contributed by atoms with Crippen molar-refractivity contribution >= 4 is 0 Å². The SMILES string of the molecule is CCCCCCCCC=CCCCCCCCC(O)C=CCCCCCCCCCCCCCCCC. The van der Waals surface area contributed by atoms with Crippen LogP contribution in [0.2, 0.25) is 0 Å². The molecule has 1 nitrogen and oxygen atoms in total. The molecule has 0 aromatic rings. The maximum absolute atomic E-state index is 10.2. The number of hydrogen-bond acceptors (Lipinski definition) is 1. The zero-order valence-electron chi connectivity index (χ0n) is 25.8. The first-order chi connectivity index (χ1) is 18.3. The molecule has 0 saturated heterocycles. The average Bonchev–Trinajstić information content (AvgIpc) is 2.90. The van der Waals surface area contributed by atoms with Gasteiger partial charge in [0.25, 0.3) is 0 Å². The van der Waals surface area contributed by atoms with Crippen LogP contribution in [0.1, 0.15) is 200 Å². The van der Waals surface area contributed by atoms with Crippen molar-refractivity contribution in [3.8, 4) is 0 Å². The van der Waals surface area contributed by atoms with Crippen LogP contribution in [0.15, 0.2) is 24.3 Å². The quantitative estimate of drug-likeness (QED) is 0.0714. The van der Waals surface area contributed by atoms with Gasteiger partial charge in [-0.25, -0.2) is 0 Å². The van der Waals surface area contributed by atoms with Crippen molar-refractivity contribution in [1.82, 2.24) is 0 Å². The fraction of sp³-hybridized carbons (Fsp3) is 0.889. The molecule has 1 heteroatoms. The van der Waals surface area contributed by atoms with Crippen LogP contribution in [0.4, 0.5) is 0 Å². The van der Waals surface area contributed by atoms with Crippen molar-refractivity contribution in [2.75, 3.05) is 0 Å². The third kappa shape index (κ3) is 33.4. The van der Waals surface area contributed by atoms with Crippen molar-refractivity contribution in [2.24, 2.45) is 0 Å². The molecule has 0 aliphatic rings. The largest absolute Gasteiger partial charge is 0.389 e. The van der Waals surface area contributed by atoms with Gasteiger partial charge in [0.2, 0.25) is 0 Å². The molecule has 0 heterocycles. The highest BCUT2D eigenvalue weighted by Gasteiger charge is 1.99. The van der Waals surface area contributed by atoms with E-state index in [4.69, 9.17) is 0 Å². The Morgan fingerprint density at radius 3 is 1.05 bits per heavy atom. The van der Waals surface area contributed by atoms with E-state index in [0.29, 0.717) is 0 Å². The second kappa shape index (κ2) is 33.5. The third-order valence-electron chi connectivity index (χ3n) is 7.84. The summed E-state index contributed by atoms with van der Waals surface area (Å²) < 4.78 is 0. The summed E-state index contributed by atoms with van der Waals surface area (Å²) in [5.74, 6) is 0. The molecule has 37 heavy (non-hydrogen) atoms. The van der Waals surface area contributed by atoms with Gasteiger partial charge in [0.15, 0.2) is 0 Å². The average molecular weight is 519 g/mol. The molecule has 0 amide bonds. The Kier molecular flexibility index (Phi) is 33.0. The van der Waals surface area contributed by atoms with Gasteiger partial charge in [-0.15, -0.1) is 0 Å². The Labute approximate surface area is 235 Å². The van der Waals surface area contributed by atoms with Crippen LogP contribution < -0.4 is 0 Å². The van der Waals surface area contributed by atoms with Crippen molar-refractivity contribution in [3.05, 3.63) is 24.3 Å². The standard InChI is InChI=1S/C36H70O/c1-3-5-7-9-11-13-15-17-19-21-23-25-27-29-31-33-35-36(37)34-32-30-28-26-24-22-20-18-16-14-12-10-8-6-4-2/h18,20,33,35-37H,3-17,19,21-32,34H2,1-2H3. The van der Waals surface area contributed by atoms with Gasteiger partial charge >= 0.3 is 0 Å². The van der Waals surface area contributed by atoms with E-state index in [1.54, 1.807) is 0 Å². The molecule has 0 rings (SSSR count). The highest BCUT2D eigenvalue weighted by atomic mass is 16.3. The monoisotopic (exact) mass is 519 g/mol. The Hall–Kier alpha value is -0.560. The minimum atomic E-state index is -0.225. The summed E-state index contributed by atoms with van der Waals surface area (Å²) in [6.07, 6.45) is 48.1. The predicted octanol–water partition coefficient (Wildman–Crippen LogP) is 12.8. The first-order valence-electron chi connectivity index (χ1n) is 17.3. The van der Waals surface area contributed by atoms with Crippen molar-refractivity contribution in [1.29, 1.82) is 0 Å². The number of aliphatic hydroxyl groups is 1. The molecule has 0 radical (unpaired) electrons. The number of hydrogen-bond donors (Lipinski definition) is 1. The molecule has 0 saturated carbocycles. The van der Waals surface area contributed by atoms with Crippen LogP contribution in [0, 0.1) is 0 Å². The first kappa shape index (κ1) is 36.4. The minimum Gasteiger partial charge on any atom is -0.389 e. The molecular weight excluding hydrogens is 448 g/mol.